The molecule has 0 saturated carbocycles. The Morgan fingerprint density at radius 1 is 1.08 bits per heavy atom. The number of anilines is 1. The average Bonchev–Trinajstić information content (AvgIpc) is 2.65. The molecule has 1 aromatic heterocycles. The maximum Gasteiger partial charge on any atom is 0.125 e. The van der Waals surface area contributed by atoms with Crippen LogP contribution >= 0.6 is 0 Å². The highest BCUT2D eigenvalue weighted by atomic mass is 16.5. The standard InChI is InChI=1S/C18H23N3O.C2H6/c1-15-3-2-4-16(13-15)17-5-6-18(20-14-17)19-7-8-21-9-11-22-12-10-21;1-2/h2-6,13-14H,7-12H2,1H3,(H,19,20);1-2H3. The molecule has 0 spiro atoms. The molecule has 0 aliphatic carbocycles. The summed E-state index contributed by atoms with van der Waals surface area (Å²) in [5.74, 6) is 0.935. The van der Waals surface area contributed by atoms with Crippen LogP contribution in [0.2, 0.25) is 0 Å². The fourth-order valence-corrected chi connectivity index (χ4v) is 2.66. The molecule has 4 nitrogen and oxygen atoms in total. The maximum atomic E-state index is 5.35. The molecule has 0 radical (unpaired) electrons. The Hall–Kier alpha value is -1.91. The minimum absolute atomic E-state index is 0.851. The van der Waals surface area contributed by atoms with Crippen LogP contribution < -0.4 is 5.32 Å². The zero-order chi connectivity index (χ0) is 17.2. The lowest BCUT2D eigenvalue weighted by Gasteiger charge is -2.26. The van der Waals surface area contributed by atoms with Crippen molar-refractivity contribution in [1.82, 2.24) is 9.88 Å². The molecule has 1 aliphatic rings. The first-order valence-corrected chi connectivity index (χ1v) is 8.88. The van der Waals surface area contributed by atoms with E-state index >= 15 is 0 Å². The normalized spacial score (nSPS) is 14.6. The molecule has 0 unspecified atom stereocenters. The molecular formula is C20H29N3O. The number of nitrogens with zero attached hydrogens (tertiary/aromatic N) is 2. The highest BCUT2D eigenvalue weighted by Crippen LogP contribution is 2.20. The number of morpholine rings is 1. The van der Waals surface area contributed by atoms with E-state index in [0.717, 1.165) is 50.8 Å². The zero-order valence-electron chi connectivity index (χ0n) is 15.1. The molecule has 4 heteroatoms. The Balaban J connectivity index is 0.00000100. The molecule has 2 heterocycles. The van der Waals surface area contributed by atoms with Crippen molar-refractivity contribution in [2.75, 3.05) is 44.7 Å². The first-order valence-electron chi connectivity index (χ1n) is 8.88. The number of hydrogen-bond donors (Lipinski definition) is 1. The molecule has 24 heavy (non-hydrogen) atoms. The number of rotatable bonds is 5. The van der Waals surface area contributed by atoms with Crippen LogP contribution in [0.15, 0.2) is 42.6 Å². The summed E-state index contributed by atoms with van der Waals surface area (Å²) < 4.78 is 5.35. The van der Waals surface area contributed by atoms with Crippen molar-refractivity contribution in [2.24, 2.45) is 0 Å². The Morgan fingerprint density at radius 2 is 1.88 bits per heavy atom. The van der Waals surface area contributed by atoms with Crippen molar-refractivity contribution >= 4 is 5.82 Å². The van der Waals surface area contributed by atoms with E-state index in [1.807, 2.05) is 20.0 Å². The van der Waals surface area contributed by atoms with Gasteiger partial charge in [-0.25, -0.2) is 4.98 Å². The highest BCUT2D eigenvalue weighted by molar-refractivity contribution is 5.64. The number of pyridine rings is 1. The minimum atomic E-state index is 0.851. The SMILES string of the molecule is CC.Cc1cccc(-c2ccc(NCCN3CCOCC3)nc2)c1. The summed E-state index contributed by atoms with van der Waals surface area (Å²) in [6.07, 6.45) is 1.94. The number of hydrogen-bond acceptors (Lipinski definition) is 4. The molecule has 0 bridgehead atoms. The van der Waals surface area contributed by atoms with E-state index in [4.69, 9.17) is 4.74 Å². The van der Waals surface area contributed by atoms with Gasteiger partial charge in [0.1, 0.15) is 5.82 Å². The molecule has 1 N–H and O–H groups in total. The van der Waals surface area contributed by atoms with E-state index in [2.05, 4.69) is 58.5 Å². The van der Waals surface area contributed by atoms with Gasteiger partial charge in [0.25, 0.3) is 0 Å². The van der Waals surface area contributed by atoms with Crippen molar-refractivity contribution in [3.8, 4) is 11.1 Å². The Bertz CT molecular complexity index is 592. The van der Waals surface area contributed by atoms with Gasteiger partial charge in [-0.3, -0.25) is 4.90 Å². The summed E-state index contributed by atoms with van der Waals surface area (Å²) in [5, 5.41) is 3.39. The summed E-state index contributed by atoms with van der Waals surface area (Å²) in [4.78, 5) is 6.93. The number of nitrogens with one attached hydrogen (secondary N) is 1. The maximum absolute atomic E-state index is 5.35. The number of ether oxygens (including phenoxy) is 1. The molecule has 3 rings (SSSR count). The smallest absolute Gasteiger partial charge is 0.125 e. The predicted molar refractivity (Wildman–Crippen MR) is 102 cm³/mol. The fourth-order valence-electron chi connectivity index (χ4n) is 2.66. The zero-order valence-corrected chi connectivity index (χ0v) is 15.1. The van der Waals surface area contributed by atoms with E-state index in [0.29, 0.717) is 0 Å². The van der Waals surface area contributed by atoms with E-state index in [-0.39, 0.29) is 0 Å². The van der Waals surface area contributed by atoms with Gasteiger partial charge in [-0.1, -0.05) is 43.7 Å². The first-order chi connectivity index (χ1) is 11.8. The van der Waals surface area contributed by atoms with Crippen LogP contribution in [0, 0.1) is 6.92 Å². The highest BCUT2D eigenvalue weighted by Gasteiger charge is 2.09. The Kier molecular flexibility index (Phi) is 7.72. The largest absolute Gasteiger partial charge is 0.379 e. The first kappa shape index (κ1) is 18.4. The van der Waals surface area contributed by atoms with Gasteiger partial charge in [0, 0.05) is 37.9 Å². The quantitative estimate of drug-likeness (QED) is 0.906. The third-order valence-electron chi connectivity index (χ3n) is 3.95. The summed E-state index contributed by atoms with van der Waals surface area (Å²) >= 11 is 0. The van der Waals surface area contributed by atoms with Crippen LogP contribution in [0.4, 0.5) is 5.82 Å². The van der Waals surface area contributed by atoms with Crippen LogP contribution in [-0.4, -0.2) is 49.3 Å². The summed E-state index contributed by atoms with van der Waals surface area (Å²) in [5.41, 5.74) is 3.64. The number of benzene rings is 1. The molecule has 1 aliphatic heterocycles. The second-order valence-electron chi connectivity index (χ2n) is 5.68. The Morgan fingerprint density at radius 3 is 2.54 bits per heavy atom. The molecule has 1 fully saturated rings. The van der Waals surface area contributed by atoms with Crippen molar-refractivity contribution in [2.45, 2.75) is 20.8 Å². The van der Waals surface area contributed by atoms with Crippen molar-refractivity contribution in [1.29, 1.82) is 0 Å². The summed E-state index contributed by atoms with van der Waals surface area (Å²) in [6, 6.07) is 12.7. The van der Waals surface area contributed by atoms with Gasteiger partial charge >= 0.3 is 0 Å². The van der Waals surface area contributed by atoms with Gasteiger partial charge < -0.3 is 10.1 Å². The van der Waals surface area contributed by atoms with Crippen LogP contribution in [-0.2, 0) is 4.74 Å². The lowest BCUT2D eigenvalue weighted by Crippen LogP contribution is -2.39. The van der Waals surface area contributed by atoms with Gasteiger partial charge in [0.15, 0.2) is 0 Å². The topological polar surface area (TPSA) is 37.4 Å². The molecule has 2 aromatic rings. The lowest BCUT2D eigenvalue weighted by atomic mass is 10.1. The van der Waals surface area contributed by atoms with Crippen molar-refractivity contribution in [3.63, 3.8) is 0 Å². The third-order valence-corrected chi connectivity index (χ3v) is 3.95. The predicted octanol–water partition coefficient (Wildman–Crippen LogP) is 3.83. The van der Waals surface area contributed by atoms with Crippen molar-refractivity contribution in [3.05, 3.63) is 48.2 Å². The van der Waals surface area contributed by atoms with Crippen LogP contribution in [0.3, 0.4) is 0 Å². The molecule has 1 saturated heterocycles. The van der Waals surface area contributed by atoms with E-state index < -0.39 is 0 Å². The van der Waals surface area contributed by atoms with E-state index in [1.54, 1.807) is 0 Å². The average molecular weight is 327 g/mol. The van der Waals surface area contributed by atoms with Crippen molar-refractivity contribution < 1.29 is 4.74 Å². The minimum Gasteiger partial charge on any atom is -0.379 e. The molecule has 1 aromatic carbocycles. The van der Waals surface area contributed by atoms with Crippen LogP contribution in [0.5, 0.6) is 0 Å². The van der Waals surface area contributed by atoms with Gasteiger partial charge in [0.2, 0.25) is 0 Å². The molecular weight excluding hydrogens is 298 g/mol. The van der Waals surface area contributed by atoms with Crippen LogP contribution in [0.1, 0.15) is 19.4 Å². The van der Waals surface area contributed by atoms with Gasteiger partial charge in [-0.2, -0.15) is 0 Å². The monoisotopic (exact) mass is 327 g/mol. The molecule has 130 valence electrons. The summed E-state index contributed by atoms with van der Waals surface area (Å²) in [6.45, 7) is 11.8. The van der Waals surface area contributed by atoms with Gasteiger partial charge in [-0.05, 0) is 24.6 Å². The second-order valence-corrected chi connectivity index (χ2v) is 5.68. The van der Waals surface area contributed by atoms with Gasteiger partial charge in [0.05, 0.1) is 13.2 Å². The molecule has 0 amide bonds. The lowest BCUT2D eigenvalue weighted by molar-refractivity contribution is 0.0398. The Labute approximate surface area is 145 Å². The van der Waals surface area contributed by atoms with E-state index in [1.165, 1.54) is 11.1 Å². The second kappa shape index (κ2) is 10.1. The number of aromatic nitrogens is 1. The summed E-state index contributed by atoms with van der Waals surface area (Å²) in [7, 11) is 0. The van der Waals surface area contributed by atoms with Gasteiger partial charge in [-0.15, -0.1) is 0 Å². The number of aryl methyl sites for hydroxylation is 1. The molecule has 0 atom stereocenters. The van der Waals surface area contributed by atoms with Crippen LogP contribution in [0.25, 0.3) is 11.1 Å². The van der Waals surface area contributed by atoms with E-state index in [9.17, 15) is 0 Å². The third kappa shape index (κ3) is 5.62. The fraction of sp³-hybridized carbons (Fsp3) is 0.450.